The van der Waals surface area contributed by atoms with Crippen molar-refractivity contribution in [3.8, 4) is 40.6 Å². The van der Waals surface area contributed by atoms with Crippen LogP contribution in [-0.2, 0) is 14.3 Å². The van der Waals surface area contributed by atoms with Crippen LogP contribution < -0.4 is 14.2 Å². The summed E-state index contributed by atoms with van der Waals surface area (Å²) in [5, 5.41) is 31.9. The van der Waals surface area contributed by atoms with E-state index in [1.807, 2.05) is 0 Å². The lowest BCUT2D eigenvalue weighted by atomic mass is 10.1. The first-order valence-electron chi connectivity index (χ1n) is 19.4. The van der Waals surface area contributed by atoms with Gasteiger partial charge in [-0.25, -0.2) is 9.98 Å². The van der Waals surface area contributed by atoms with Crippen LogP contribution in [-0.4, -0.2) is 98.3 Å². The van der Waals surface area contributed by atoms with Crippen molar-refractivity contribution < 1.29 is 52.6 Å². The Morgan fingerprint density at radius 2 is 1.14 bits per heavy atom. The number of aryl methyl sites for hydroxylation is 1. The van der Waals surface area contributed by atoms with Gasteiger partial charge in [-0.15, -0.1) is 0 Å². The van der Waals surface area contributed by atoms with Crippen molar-refractivity contribution in [2.75, 3.05) is 39.8 Å². The number of para-hydroxylation sites is 4. The average molecular weight is 932 g/mol. The Bertz CT molecular complexity index is 2670. The predicted octanol–water partition coefficient (Wildman–Crippen LogP) is 8.27. The molecule has 0 radical (unpaired) electrons. The molecule has 0 bridgehead atoms. The molecule has 0 fully saturated rings. The molecule has 2 aliphatic rings. The zero-order valence-electron chi connectivity index (χ0n) is 34.2. The number of aliphatic hydroxyl groups is 2. The van der Waals surface area contributed by atoms with Crippen molar-refractivity contribution in [1.29, 1.82) is 0 Å². The van der Waals surface area contributed by atoms with Crippen molar-refractivity contribution in [2.45, 2.75) is 13.3 Å². The maximum atomic E-state index is 15.1. The molecular formula is C44H38Cl2F2N8O9. The molecule has 0 aliphatic carbocycles. The lowest BCUT2D eigenvalue weighted by molar-refractivity contribution is 0.0675. The molecule has 3 N–H and O–H groups in total. The highest BCUT2D eigenvalue weighted by Gasteiger charge is 2.24. The molecule has 21 heteroatoms. The number of phenols is 1. The second kappa shape index (κ2) is 23.9. The average Bonchev–Trinajstić information content (AvgIpc) is 3.33. The SMILES string of the molecule is Cc1ncnc(Oc2ccccc2C(=NCO)C2=NOCCO2)c1F.OCN=C(C1=NCCCO1)c1ccccc1Oc1ncnc(Oc2ccccc2Cl)c1F.Oc1ccccc1Cl. The summed E-state index contributed by atoms with van der Waals surface area (Å²) in [6, 6.07) is 26.8. The molecule has 0 saturated heterocycles. The van der Waals surface area contributed by atoms with Crippen LogP contribution in [0.2, 0.25) is 10.0 Å². The monoisotopic (exact) mass is 930 g/mol. The zero-order valence-corrected chi connectivity index (χ0v) is 35.7. The van der Waals surface area contributed by atoms with Gasteiger partial charge in [0.25, 0.3) is 23.5 Å². The van der Waals surface area contributed by atoms with Gasteiger partial charge in [-0.3, -0.25) is 9.98 Å². The molecule has 8 rings (SSSR count). The standard InChI is InChI=1S/C22H18ClFN4O4.C16H15FN4O4.C6H5ClO/c23-15-7-2-4-9-17(15)32-21-18(24)20(26-12-27-21)31-16-8-3-1-6-14(16)19(28-13-29)22-25-10-5-11-30-22;1-10-13(17)15(19-8-18-10)25-12-5-3-2-4-11(12)14(20-9-22)16-21-24-7-6-23-16;7-5-3-1-2-4-6(5)8/h1-4,6-9,12,29H,5,10-11,13H2;2-5,8,22H,6-7,9H2,1H3;1-4,8H. The Balaban J connectivity index is 0.000000188. The number of hydrogen-bond acceptors (Lipinski definition) is 17. The molecular weight excluding hydrogens is 893 g/mol. The van der Waals surface area contributed by atoms with E-state index in [0.717, 1.165) is 12.7 Å². The summed E-state index contributed by atoms with van der Waals surface area (Å²) >= 11 is 11.5. The minimum absolute atomic E-state index is 0.107. The van der Waals surface area contributed by atoms with E-state index in [1.165, 1.54) is 13.3 Å². The molecule has 2 aliphatic heterocycles. The van der Waals surface area contributed by atoms with Crippen LogP contribution in [0.15, 0.2) is 130 Å². The van der Waals surface area contributed by atoms with E-state index in [2.05, 4.69) is 40.1 Å². The third-order valence-corrected chi connectivity index (χ3v) is 9.10. The summed E-state index contributed by atoms with van der Waals surface area (Å²) in [7, 11) is 0. The third-order valence-electron chi connectivity index (χ3n) is 8.47. The predicted molar refractivity (Wildman–Crippen MR) is 236 cm³/mol. The Kier molecular flexibility index (Phi) is 17.4. The Labute approximate surface area is 380 Å². The summed E-state index contributed by atoms with van der Waals surface area (Å²) in [4.78, 5) is 32.7. The van der Waals surface area contributed by atoms with E-state index in [9.17, 15) is 14.6 Å². The van der Waals surface area contributed by atoms with Crippen LogP contribution in [0.4, 0.5) is 8.78 Å². The van der Waals surface area contributed by atoms with Gasteiger partial charge >= 0.3 is 0 Å². The number of oxime groups is 1. The highest BCUT2D eigenvalue weighted by atomic mass is 35.5. The number of benzene rings is 4. The van der Waals surface area contributed by atoms with Crippen molar-refractivity contribution in [3.63, 3.8) is 0 Å². The summed E-state index contributed by atoms with van der Waals surface area (Å²) in [6.45, 7) is 2.21. The zero-order chi connectivity index (χ0) is 46.0. The van der Waals surface area contributed by atoms with E-state index in [-0.39, 0.29) is 63.8 Å². The van der Waals surface area contributed by atoms with Crippen LogP contribution in [0.1, 0.15) is 23.2 Å². The highest BCUT2D eigenvalue weighted by molar-refractivity contribution is 6.46. The number of hydrogen-bond donors (Lipinski definition) is 3. The first kappa shape index (κ1) is 47.2. The van der Waals surface area contributed by atoms with E-state index in [0.29, 0.717) is 53.2 Å². The van der Waals surface area contributed by atoms with Gasteiger partial charge in [-0.05, 0) is 60.6 Å². The number of ether oxygens (including phenoxy) is 5. The van der Waals surface area contributed by atoms with Crippen LogP contribution in [0, 0.1) is 18.6 Å². The Morgan fingerprint density at radius 3 is 1.66 bits per heavy atom. The van der Waals surface area contributed by atoms with Crippen molar-refractivity contribution in [3.05, 3.63) is 148 Å². The quantitative estimate of drug-likeness (QED) is 0.0986. The van der Waals surface area contributed by atoms with E-state index < -0.39 is 25.1 Å². The smallest absolute Gasteiger partial charge is 0.276 e. The highest BCUT2D eigenvalue weighted by Crippen LogP contribution is 2.34. The van der Waals surface area contributed by atoms with Gasteiger partial charge in [0, 0.05) is 24.1 Å². The number of rotatable bonds is 12. The molecule has 4 aromatic carbocycles. The summed E-state index contributed by atoms with van der Waals surface area (Å²) in [5.74, 6) is -1.22. The fourth-order valence-electron chi connectivity index (χ4n) is 5.48. The van der Waals surface area contributed by atoms with E-state index in [4.69, 9.17) is 56.8 Å². The molecule has 6 aromatic rings. The van der Waals surface area contributed by atoms with Crippen molar-refractivity contribution >= 4 is 46.4 Å². The van der Waals surface area contributed by atoms with Gasteiger partial charge in [0.15, 0.2) is 6.61 Å². The molecule has 0 unspecified atom stereocenters. The van der Waals surface area contributed by atoms with Crippen LogP contribution in [0.5, 0.6) is 40.6 Å². The molecule has 336 valence electrons. The summed E-state index contributed by atoms with van der Waals surface area (Å²) < 4.78 is 57.1. The fraction of sp³-hybridized carbons (Fsp3) is 0.182. The number of nitrogens with zero attached hydrogens (tertiary/aromatic N) is 8. The van der Waals surface area contributed by atoms with E-state index in [1.54, 1.807) is 97.1 Å². The number of aliphatic hydroxyl groups excluding tert-OH is 2. The second-order valence-electron chi connectivity index (χ2n) is 12.8. The molecule has 4 heterocycles. The first-order chi connectivity index (χ1) is 31.7. The number of aromatic hydroxyl groups is 1. The normalized spacial score (nSPS) is 13.5. The number of aliphatic imine (C=N–C) groups is 3. The molecule has 0 atom stereocenters. The first-order valence-corrected chi connectivity index (χ1v) is 20.1. The van der Waals surface area contributed by atoms with Crippen LogP contribution in [0.3, 0.4) is 0 Å². The second-order valence-corrected chi connectivity index (χ2v) is 13.6. The third kappa shape index (κ3) is 12.9. The molecule has 2 aromatic heterocycles. The number of halogens is 4. The molecule has 65 heavy (non-hydrogen) atoms. The maximum absolute atomic E-state index is 15.1. The van der Waals surface area contributed by atoms with Crippen LogP contribution >= 0.6 is 23.2 Å². The Morgan fingerprint density at radius 1 is 0.631 bits per heavy atom. The number of phenolic OH excluding ortho intramolecular Hbond substituents is 1. The molecule has 17 nitrogen and oxygen atoms in total. The van der Waals surface area contributed by atoms with Gasteiger partial charge in [-0.1, -0.05) is 71.7 Å². The van der Waals surface area contributed by atoms with Gasteiger partial charge in [0.2, 0.25) is 17.5 Å². The van der Waals surface area contributed by atoms with Gasteiger partial charge < -0.3 is 43.8 Å². The lowest BCUT2D eigenvalue weighted by Crippen LogP contribution is -2.26. The minimum atomic E-state index is -0.908. The van der Waals surface area contributed by atoms with Gasteiger partial charge in [0.1, 0.15) is 67.1 Å². The summed E-state index contributed by atoms with van der Waals surface area (Å²) in [5.41, 5.74) is 1.58. The van der Waals surface area contributed by atoms with Gasteiger partial charge in [-0.2, -0.15) is 23.7 Å². The molecule has 0 spiro atoms. The molecule has 0 saturated carbocycles. The van der Waals surface area contributed by atoms with Crippen molar-refractivity contribution in [2.24, 2.45) is 20.1 Å². The Hall–Kier alpha value is -7.32. The largest absolute Gasteiger partial charge is 0.506 e. The van der Waals surface area contributed by atoms with E-state index >= 15 is 4.39 Å². The van der Waals surface area contributed by atoms with Crippen LogP contribution in [0.25, 0.3) is 0 Å². The van der Waals surface area contributed by atoms with Crippen molar-refractivity contribution in [1.82, 2.24) is 19.9 Å². The van der Waals surface area contributed by atoms with Gasteiger partial charge in [0.05, 0.1) is 22.3 Å². The topological polar surface area (TPSA) is 217 Å². The molecule has 0 amide bonds. The minimum Gasteiger partial charge on any atom is -0.506 e. The summed E-state index contributed by atoms with van der Waals surface area (Å²) in [6.07, 6.45) is 3.11. The fourth-order valence-corrected chi connectivity index (χ4v) is 5.79. The number of aromatic nitrogens is 4. The maximum Gasteiger partial charge on any atom is 0.276 e. The lowest BCUT2D eigenvalue weighted by Gasteiger charge is -2.18.